The van der Waals surface area contributed by atoms with Gasteiger partial charge >= 0.3 is 0 Å². The maximum absolute atomic E-state index is 11.7. The molecule has 0 saturated carbocycles. The van der Waals surface area contributed by atoms with Crippen molar-refractivity contribution < 1.29 is 9.59 Å². The molecule has 6 nitrogen and oxygen atoms in total. The smallest absolute Gasteiger partial charge is 0.229 e. The molecule has 6 heteroatoms. The van der Waals surface area contributed by atoms with Crippen LogP contribution in [0.3, 0.4) is 0 Å². The van der Waals surface area contributed by atoms with Gasteiger partial charge in [0.2, 0.25) is 11.8 Å². The van der Waals surface area contributed by atoms with Crippen LogP contribution >= 0.6 is 0 Å². The summed E-state index contributed by atoms with van der Waals surface area (Å²) in [7, 11) is 1.73. The van der Waals surface area contributed by atoms with Crippen molar-refractivity contribution >= 4 is 17.8 Å². The van der Waals surface area contributed by atoms with E-state index in [9.17, 15) is 9.59 Å². The van der Waals surface area contributed by atoms with Crippen LogP contribution in [-0.2, 0) is 9.59 Å². The largest absolute Gasteiger partial charge is 0.355 e. The topological polar surface area (TPSA) is 73.8 Å². The Hall–Kier alpha value is -1.59. The number of nitrogens with one attached hydrogen (secondary N) is 2. The Kier molecular flexibility index (Phi) is 8.55. The Morgan fingerprint density at radius 3 is 2.55 bits per heavy atom. The zero-order valence-electron chi connectivity index (χ0n) is 14.2. The average Bonchev–Trinajstić information content (AvgIpc) is 2.49. The van der Waals surface area contributed by atoms with Crippen LogP contribution in [0.15, 0.2) is 4.99 Å². The molecule has 0 aliphatic carbocycles. The zero-order chi connectivity index (χ0) is 16.4. The summed E-state index contributed by atoms with van der Waals surface area (Å²) >= 11 is 0. The molecular weight excluding hydrogens is 280 g/mol. The minimum absolute atomic E-state index is 0.0612. The van der Waals surface area contributed by atoms with E-state index in [1.54, 1.807) is 7.05 Å². The lowest BCUT2D eigenvalue weighted by Crippen LogP contribution is -2.47. The number of unbranched alkanes of at least 4 members (excludes halogenated alkanes) is 2. The predicted molar refractivity (Wildman–Crippen MR) is 88.7 cm³/mol. The Morgan fingerprint density at radius 2 is 1.95 bits per heavy atom. The lowest BCUT2D eigenvalue weighted by atomic mass is 10.1. The highest BCUT2D eigenvalue weighted by molar-refractivity contribution is 5.97. The van der Waals surface area contributed by atoms with Crippen LogP contribution in [0.2, 0.25) is 0 Å². The van der Waals surface area contributed by atoms with Crippen LogP contribution in [0.25, 0.3) is 0 Å². The minimum Gasteiger partial charge on any atom is -0.355 e. The summed E-state index contributed by atoms with van der Waals surface area (Å²) in [6.07, 6.45) is 6.42. The molecule has 1 unspecified atom stereocenters. The second-order valence-corrected chi connectivity index (χ2v) is 5.83. The van der Waals surface area contributed by atoms with E-state index in [-0.39, 0.29) is 11.8 Å². The van der Waals surface area contributed by atoms with Crippen LogP contribution in [0.5, 0.6) is 0 Å². The molecule has 1 fully saturated rings. The van der Waals surface area contributed by atoms with Gasteiger partial charge in [-0.1, -0.05) is 26.2 Å². The monoisotopic (exact) mass is 310 g/mol. The van der Waals surface area contributed by atoms with Gasteiger partial charge in [0.05, 0.1) is 0 Å². The molecule has 1 saturated heterocycles. The first-order chi connectivity index (χ1) is 10.6. The third-order valence-electron chi connectivity index (χ3n) is 3.86. The standard InChI is InChI=1S/C16H30N4O2/c1-4-5-6-8-13(2)19-16(17-3)18-11-12-20-14(21)9-7-10-15(20)22/h13H,4-12H2,1-3H3,(H2,17,18,19). The first kappa shape index (κ1) is 18.5. The van der Waals surface area contributed by atoms with E-state index in [0.29, 0.717) is 38.4 Å². The molecule has 0 spiro atoms. The van der Waals surface area contributed by atoms with Gasteiger partial charge in [0.1, 0.15) is 0 Å². The molecule has 126 valence electrons. The van der Waals surface area contributed by atoms with E-state index in [4.69, 9.17) is 0 Å². The summed E-state index contributed by atoms with van der Waals surface area (Å²) in [4.78, 5) is 29.0. The van der Waals surface area contributed by atoms with Crippen LogP contribution in [0, 0.1) is 0 Å². The fraction of sp³-hybridized carbons (Fsp3) is 0.812. The number of carbonyl (C=O) groups excluding carboxylic acids is 2. The number of amides is 2. The first-order valence-electron chi connectivity index (χ1n) is 8.38. The lowest BCUT2D eigenvalue weighted by Gasteiger charge is -2.25. The van der Waals surface area contributed by atoms with Crippen molar-refractivity contribution in [3.63, 3.8) is 0 Å². The van der Waals surface area contributed by atoms with Crippen molar-refractivity contribution in [1.29, 1.82) is 0 Å². The molecule has 0 bridgehead atoms. The fourth-order valence-corrected chi connectivity index (χ4v) is 2.54. The van der Waals surface area contributed by atoms with Gasteiger partial charge in [-0.25, -0.2) is 0 Å². The molecule has 1 aliphatic heterocycles. The number of hydrogen-bond acceptors (Lipinski definition) is 3. The molecule has 2 N–H and O–H groups in total. The van der Waals surface area contributed by atoms with Gasteiger partial charge in [-0.05, 0) is 19.8 Å². The maximum Gasteiger partial charge on any atom is 0.229 e. The average molecular weight is 310 g/mol. The lowest BCUT2D eigenvalue weighted by molar-refractivity contribution is -0.147. The van der Waals surface area contributed by atoms with Crippen LogP contribution in [0.1, 0.15) is 58.8 Å². The van der Waals surface area contributed by atoms with Crippen LogP contribution in [0.4, 0.5) is 0 Å². The zero-order valence-corrected chi connectivity index (χ0v) is 14.2. The van der Waals surface area contributed by atoms with Crippen molar-refractivity contribution in [3.05, 3.63) is 0 Å². The summed E-state index contributed by atoms with van der Waals surface area (Å²) in [6.45, 7) is 5.27. The van der Waals surface area contributed by atoms with Gasteiger partial charge in [0.25, 0.3) is 0 Å². The van der Waals surface area contributed by atoms with Crippen LogP contribution < -0.4 is 10.6 Å². The molecule has 0 aromatic rings. The molecule has 1 heterocycles. The van der Waals surface area contributed by atoms with E-state index in [0.717, 1.165) is 12.4 Å². The Morgan fingerprint density at radius 1 is 1.27 bits per heavy atom. The highest BCUT2D eigenvalue weighted by Gasteiger charge is 2.25. The molecule has 0 aromatic carbocycles. The summed E-state index contributed by atoms with van der Waals surface area (Å²) in [5.74, 6) is 0.601. The number of hydrogen-bond donors (Lipinski definition) is 2. The summed E-state index contributed by atoms with van der Waals surface area (Å²) in [5.41, 5.74) is 0. The number of likely N-dealkylation sites (tertiary alicyclic amines) is 1. The van der Waals surface area contributed by atoms with Gasteiger partial charge in [0, 0.05) is 39.0 Å². The minimum atomic E-state index is -0.0612. The second kappa shape index (κ2) is 10.2. The Labute approximate surface area is 133 Å². The number of piperidine rings is 1. The highest BCUT2D eigenvalue weighted by Crippen LogP contribution is 2.11. The summed E-state index contributed by atoms with van der Waals surface area (Å²) < 4.78 is 0. The molecule has 1 aliphatic rings. The first-order valence-corrected chi connectivity index (χ1v) is 8.38. The van der Waals surface area contributed by atoms with E-state index < -0.39 is 0 Å². The Bertz CT molecular complexity index is 380. The molecule has 2 amide bonds. The Balaban J connectivity index is 2.28. The number of carbonyl (C=O) groups is 2. The number of nitrogens with zero attached hydrogens (tertiary/aromatic N) is 2. The van der Waals surface area contributed by atoms with Crippen molar-refractivity contribution in [3.8, 4) is 0 Å². The van der Waals surface area contributed by atoms with E-state index in [1.165, 1.54) is 24.2 Å². The third kappa shape index (κ3) is 6.45. The van der Waals surface area contributed by atoms with E-state index >= 15 is 0 Å². The van der Waals surface area contributed by atoms with Crippen molar-refractivity contribution in [2.75, 3.05) is 20.1 Å². The van der Waals surface area contributed by atoms with Crippen molar-refractivity contribution in [2.24, 2.45) is 4.99 Å². The molecule has 1 rings (SSSR count). The number of rotatable bonds is 8. The predicted octanol–water partition coefficient (Wildman–Crippen LogP) is 1.66. The van der Waals surface area contributed by atoms with Gasteiger partial charge in [-0.15, -0.1) is 0 Å². The number of aliphatic imine (C=N–C) groups is 1. The molecular formula is C16H30N4O2. The number of guanidine groups is 1. The number of imide groups is 1. The van der Waals surface area contributed by atoms with Gasteiger partial charge in [-0.3, -0.25) is 19.5 Å². The van der Waals surface area contributed by atoms with Gasteiger partial charge in [-0.2, -0.15) is 0 Å². The maximum atomic E-state index is 11.7. The third-order valence-corrected chi connectivity index (χ3v) is 3.86. The van der Waals surface area contributed by atoms with Crippen molar-refractivity contribution in [1.82, 2.24) is 15.5 Å². The second-order valence-electron chi connectivity index (χ2n) is 5.83. The normalized spacial score (nSPS) is 17.6. The van der Waals surface area contributed by atoms with Crippen molar-refractivity contribution in [2.45, 2.75) is 64.8 Å². The van der Waals surface area contributed by atoms with Gasteiger partial charge < -0.3 is 10.6 Å². The van der Waals surface area contributed by atoms with E-state index in [2.05, 4.69) is 29.5 Å². The highest BCUT2D eigenvalue weighted by atomic mass is 16.2. The summed E-state index contributed by atoms with van der Waals surface area (Å²) in [6, 6.07) is 0.357. The van der Waals surface area contributed by atoms with Gasteiger partial charge in [0.15, 0.2) is 5.96 Å². The molecule has 22 heavy (non-hydrogen) atoms. The SMILES string of the molecule is CCCCCC(C)NC(=NC)NCCN1C(=O)CCCC1=O. The van der Waals surface area contributed by atoms with E-state index in [1.807, 2.05) is 0 Å². The van der Waals surface area contributed by atoms with Crippen LogP contribution in [-0.4, -0.2) is 48.9 Å². The summed E-state index contributed by atoms with van der Waals surface area (Å²) in [5, 5.41) is 6.51. The fourth-order valence-electron chi connectivity index (χ4n) is 2.54. The molecule has 0 aromatic heterocycles. The molecule has 1 atom stereocenters. The quantitative estimate of drug-likeness (QED) is 0.309. The molecule has 0 radical (unpaired) electrons.